The highest BCUT2D eigenvalue weighted by molar-refractivity contribution is 5.75. The fourth-order valence-corrected chi connectivity index (χ4v) is 2.81. The summed E-state index contributed by atoms with van der Waals surface area (Å²) < 4.78 is 0. The fourth-order valence-electron chi connectivity index (χ4n) is 2.81. The zero-order chi connectivity index (χ0) is 15.1. The quantitative estimate of drug-likeness (QED) is 0.751. The van der Waals surface area contributed by atoms with E-state index >= 15 is 0 Å². The van der Waals surface area contributed by atoms with E-state index in [1.54, 1.807) is 0 Å². The van der Waals surface area contributed by atoms with Crippen LogP contribution in [0.25, 0.3) is 0 Å². The highest BCUT2D eigenvalue weighted by Crippen LogP contribution is 2.21. The topological polar surface area (TPSA) is 58.4 Å². The van der Waals surface area contributed by atoms with Crippen LogP contribution in [0.5, 0.6) is 0 Å². The summed E-state index contributed by atoms with van der Waals surface area (Å²) in [7, 11) is 0. The van der Waals surface area contributed by atoms with E-state index in [-0.39, 0.29) is 11.9 Å². The summed E-state index contributed by atoms with van der Waals surface area (Å²) in [6, 6.07) is 0.562. The van der Waals surface area contributed by atoms with Crippen LogP contribution in [0, 0.1) is 11.8 Å². The Morgan fingerprint density at radius 3 is 2.40 bits per heavy atom. The molecule has 0 aliphatic carbocycles. The maximum atomic E-state index is 11.8. The first-order valence-corrected chi connectivity index (χ1v) is 8.16. The predicted molar refractivity (Wildman–Crippen MR) is 84.5 cm³/mol. The Kier molecular flexibility index (Phi) is 7.52. The maximum absolute atomic E-state index is 11.8. The minimum atomic E-state index is 0.102. The third kappa shape index (κ3) is 6.23. The molecule has 2 atom stereocenters. The summed E-state index contributed by atoms with van der Waals surface area (Å²) in [5.41, 5.74) is 5.69. The molecule has 1 saturated heterocycles. The molecule has 0 saturated carbocycles. The van der Waals surface area contributed by atoms with E-state index in [9.17, 15) is 4.79 Å². The molecule has 0 radical (unpaired) electrons. The number of carbonyl (C=O) groups excluding carboxylic acids is 1. The van der Waals surface area contributed by atoms with Crippen molar-refractivity contribution < 1.29 is 4.79 Å². The number of hydrogen-bond acceptors (Lipinski definition) is 3. The van der Waals surface area contributed by atoms with Crippen LogP contribution in [0.1, 0.15) is 53.4 Å². The number of likely N-dealkylation sites (tertiary alicyclic amines) is 1. The molecule has 0 aromatic carbocycles. The summed E-state index contributed by atoms with van der Waals surface area (Å²) in [5, 5.41) is 3.09. The maximum Gasteiger partial charge on any atom is 0.220 e. The molecule has 4 heteroatoms. The van der Waals surface area contributed by atoms with Gasteiger partial charge in [-0.25, -0.2) is 0 Å². The Hall–Kier alpha value is -0.610. The zero-order valence-electron chi connectivity index (χ0n) is 13.7. The lowest BCUT2D eigenvalue weighted by atomic mass is 9.94. The van der Waals surface area contributed by atoms with Gasteiger partial charge in [0.25, 0.3) is 0 Å². The molecule has 0 spiro atoms. The van der Waals surface area contributed by atoms with Crippen molar-refractivity contribution in [2.24, 2.45) is 17.6 Å². The lowest BCUT2D eigenvalue weighted by Gasteiger charge is -2.38. The number of piperidine rings is 1. The first-order chi connectivity index (χ1) is 9.40. The molecule has 4 nitrogen and oxygen atoms in total. The summed E-state index contributed by atoms with van der Waals surface area (Å²) in [4.78, 5) is 14.4. The van der Waals surface area contributed by atoms with E-state index in [1.807, 2.05) is 6.92 Å². The van der Waals surface area contributed by atoms with Crippen LogP contribution >= 0.6 is 0 Å². The van der Waals surface area contributed by atoms with Crippen LogP contribution in [0.2, 0.25) is 0 Å². The lowest BCUT2D eigenvalue weighted by Crippen LogP contribution is -2.49. The molecule has 1 heterocycles. The van der Waals surface area contributed by atoms with Crippen molar-refractivity contribution in [3.8, 4) is 0 Å². The first kappa shape index (κ1) is 17.4. The number of hydrogen-bond donors (Lipinski definition) is 2. The molecular weight excluding hydrogens is 250 g/mol. The van der Waals surface area contributed by atoms with Gasteiger partial charge >= 0.3 is 0 Å². The van der Waals surface area contributed by atoms with Crippen LogP contribution in [-0.4, -0.2) is 42.5 Å². The molecule has 1 fully saturated rings. The van der Waals surface area contributed by atoms with Crippen molar-refractivity contribution in [3.63, 3.8) is 0 Å². The molecule has 1 aliphatic heterocycles. The van der Waals surface area contributed by atoms with Crippen molar-refractivity contribution in [1.82, 2.24) is 10.2 Å². The third-order valence-electron chi connectivity index (χ3n) is 4.39. The van der Waals surface area contributed by atoms with Crippen molar-refractivity contribution in [2.45, 2.75) is 65.5 Å². The normalized spacial score (nSPS) is 20.9. The minimum Gasteiger partial charge on any atom is -0.355 e. The highest BCUT2D eigenvalue weighted by atomic mass is 16.1. The van der Waals surface area contributed by atoms with Gasteiger partial charge in [0.1, 0.15) is 0 Å². The standard InChI is InChI=1S/C16H33N3O/c1-12(2)15(19-9-7-13(3)8-10-19)11-18-16(20)6-5-14(4)17/h12-15H,5-11,17H2,1-4H3,(H,18,20). The predicted octanol–water partition coefficient (Wildman–Crippen LogP) is 1.99. The summed E-state index contributed by atoms with van der Waals surface area (Å²) >= 11 is 0. The molecule has 118 valence electrons. The minimum absolute atomic E-state index is 0.102. The second-order valence-corrected chi connectivity index (χ2v) is 6.85. The van der Waals surface area contributed by atoms with Gasteiger partial charge in [-0.15, -0.1) is 0 Å². The van der Waals surface area contributed by atoms with Gasteiger partial charge in [-0.3, -0.25) is 9.69 Å². The number of nitrogens with two attached hydrogens (primary N) is 1. The second kappa shape index (κ2) is 8.63. The molecule has 0 aromatic rings. The SMILES string of the molecule is CC(N)CCC(=O)NCC(C(C)C)N1CCC(C)CC1. The first-order valence-electron chi connectivity index (χ1n) is 8.16. The third-order valence-corrected chi connectivity index (χ3v) is 4.39. The van der Waals surface area contributed by atoms with Gasteiger partial charge in [0, 0.05) is 25.0 Å². The summed E-state index contributed by atoms with van der Waals surface area (Å²) in [6.07, 6.45) is 3.86. The molecule has 1 rings (SSSR count). The Morgan fingerprint density at radius 2 is 1.90 bits per heavy atom. The van der Waals surface area contributed by atoms with Gasteiger partial charge in [-0.05, 0) is 51.1 Å². The molecule has 0 bridgehead atoms. The molecule has 3 N–H and O–H groups in total. The number of carbonyl (C=O) groups is 1. The van der Waals surface area contributed by atoms with Crippen LogP contribution in [0.3, 0.4) is 0 Å². The van der Waals surface area contributed by atoms with Gasteiger partial charge in [-0.1, -0.05) is 20.8 Å². The highest BCUT2D eigenvalue weighted by Gasteiger charge is 2.25. The number of rotatable bonds is 7. The Balaban J connectivity index is 2.37. The van der Waals surface area contributed by atoms with Gasteiger partial charge in [-0.2, -0.15) is 0 Å². The molecule has 20 heavy (non-hydrogen) atoms. The van der Waals surface area contributed by atoms with Crippen molar-refractivity contribution in [2.75, 3.05) is 19.6 Å². The van der Waals surface area contributed by atoms with Crippen molar-refractivity contribution in [1.29, 1.82) is 0 Å². The molecular formula is C16H33N3O. The van der Waals surface area contributed by atoms with E-state index in [4.69, 9.17) is 5.73 Å². The number of nitrogens with zero attached hydrogens (tertiary/aromatic N) is 1. The van der Waals surface area contributed by atoms with E-state index in [1.165, 1.54) is 25.9 Å². The smallest absolute Gasteiger partial charge is 0.220 e. The molecule has 1 amide bonds. The number of nitrogens with one attached hydrogen (secondary N) is 1. The van der Waals surface area contributed by atoms with Crippen molar-refractivity contribution in [3.05, 3.63) is 0 Å². The van der Waals surface area contributed by atoms with Crippen molar-refractivity contribution >= 4 is 5.91 Å². The Bertz CT molecular complexity index is 283. The van der Waals surface area contributed by atoms with Gasteiger partial charge < -0.3 is 11.1 Å². The number of amides is 1. The van der Waals surface area contributed by atoms with Crippen LogP contribution in [-0.2, 0) is 4.79 Å². The Morgan fingerprint density at radius 1 is 1.30 bits per heavy atom. The largest absolute Gasteiger partial charge is 0.355 e. The molecule has 2 unspecified atom stereocenters. The second-order valence-electron chi connectivity index (χ2n) is 6.85. The van der Waals surface area contributed by atoms with E-state index < -0.39 is 0 Å². The molecule has 0 aromatic heterocycles. The van der Waals surface area contributed by atoms with Crippen LogP contribution in [0.4, 0.5) is 0 Å². The van der Waals surface area contributed by atoms with Crippen LogP contribution < -0.4 is 11.1 Å². The van der Waals surface area contributed by atoms with Gasteiger partial charge in [0.15, 0.2) is 0 Å². The average molecular weight is 283 g/mol. The van der Waals surface area contributed by atoms with E-state index in [0.29, 0.717) is 18.4 Å². The average Bonchev–Trinajstić information content (AvgIpc) is 2.38. The zero-order valence-corrected chi connectivity index (χ0v) is 13.7. The van der Waals surface area contributed by atoms with Crippen LogP contribution in [0.15, 0.2) is 0 Å². The monoisotopic (exact) mass is 283 g/mol. The van der Waals surface area contributed by atoms with Gasteiger partial charge in [0.05, 0.1) is 0 Å². The van der Waals surface area contributed by atoms with E-state index in [2.05, 4.69) is 31.0 Å². The van der Waals surface area contributed by atoms with E-state index in [0.717, 1.165) is 18.9 Å². The summed E-state index contributed by atoms with van der Waals surface area (Å²) in [6.45, 7) is 11.9. The summed E-state index contributed by atoms with van der Waals surface area (Å²) in [5.74, 6) is 1.55. The Labute approximate surface area is 124 Å². The lowest BCUT2D eigenvalue weighted by molar-refractivity contribution is -0.121. The van der Waals surface area contributed by atoms with Gasteiger partial charge in [0.2, 0.25) is 5.91 Å². The molecule has 1 aliphatic rings. The fraction of sp³-hybridized carbons (Fsp3) is 0.938.